The number of hydrogen-bond donors (Lipinski definition) is 3. The fraction of sp³-hybridized carbons (Fsp3) is 0.680. The summed E-state index contributed by atoms with van der Waals surface area (Å²) in [6, 6.07) is 0. The summed E-state index contributed by atoms with van der Waals surface area (Å²) in [6.07, 6.45) is -3.32. The van der Waals surface area contributed by atoms with E-state index in [0.717, 1.165) is 31.2 Å². The van der Waals surface area contributed by atoms with Crippen molar-refractivity contribution in [2.75, 3.05) is 13.7 Å². The molecular formula is C25H38Br2O7Si. The summed E-state index contributed by atoms with van der Waals surface area (Å²) in [5, 5.41) is 33.3. The van der Waals surface area contributed by atoms with Crippen molar-refractivity contribution in [2.45, 2.75) is 95.7 Å². The molecule has 1 aromatic rings. The molecule has 1 aromatic carbocycles. The lowest BCUT2D eigenvalue weighted by Gasteiger charge is -2.45. The molecule has 0 bridgehead atoms. The van der Waals surface area contributed by atoms with E-state index < -0.39 is 51.2 Å². The van der Waals surface area contributed by atoms with Gasteiger partial charge < -0.3 is 34.0 Å². The molecule has 0 radical (unpaired) electrons. The first-order valence-electron chi connectivity index (χ1n) is 11.8. The van der Waals surface area contributed by atoms with E-state index in [4.69, 9.17) is 18.6 Å². The lowest BCUT2D eigenvalue weighted by Crippen LogP contribution is -2.61. The van der Waals surface area contributed by atoms with Crippen LogP contribution in [0.1, 0.15) is 49.1 Å². The number of aliphatic hydroxyl groups is 3. The maximum Gasteiger partial charge on any atom is 0.192 e. The van der Waals surface area contributed by atoms with Crippen molar-refractivity contribution in [1.82, 2.24) is 0 Å². The molecule has 35 heavy (non-hydrogen) atoms. The van der Waals surface area contributed by atoms with Crippen LogP contribution in [-0.2, 0) is 18.6 Å². The van der Waals surface area contributed by atoms with Crippen molar-refractivity contribution < 1.29 is 34.0 Å². The molecule has 0 saturated carbocycles. The minimum atomic E-state index is -2.10. The predicted octanol–water partition coefficient (Wildman–Crippen LogP) is 4.76. The van der Waals surface area contributed by atoms with Crippen LogP contribution in [0.4, 0.5) is 0 Å². The van der Waals surface area contributed by atoms with Crippen LogP contribution in [-0.4, -0.2) is 74.2 Å². The number of methoxy groups -OCH3 is 1. The molecule has 0 spiro atoms. The summed E-state index contributed by atoms with van der Waals surface area (Å²) < 4.78 is 25.5. The zero-order valence-electron chi connectivity index (χ0n) is 21.6. The van der Waals surface area contributed by atoms with Crippen LogP contribution in [0.15, 0.2) is 15.0 Å². The molecule has 1 saturated heterocycles. The summed E-state index contributed by atoms with van der Waals surface area (Å²) in [4.78, 5) is 0. The highest BCUT2D eigenvalue weighted by molar-refractivity contribution is 9.13. The van der Waals surface area contributed by atoms with E-state index in [1.807, 2.05) is 19.9 Å². The molecule has 3 N–H and O–H groups in total. The van der Waals surface area contributed by atoms with Gasteiger partial charge >= 0.3 is 0 Å². The Morgan fingerprint density at radius 3 is 2.20 bits per heavy atom. The molecule has 7 nitrogen and oxygen atoms in total. The van der Waals surface area contributed by atoms with Gasteiger partial charge in [0.2, 0.25) is 0 Å². The molecule has 10 heteroatoms. The zero-order valence-corrected chi connectivity index (χ0v) is 25.8. The van der Waals surface area contributed by atoms with Crippen molar-refractivity contribution in [2.24, 2.45) is 0 Å². The molecule has 0 amide bonds. The van der Waals surface area contributed by atoms with E-state index in [0.29, 0.717) is 0 Å². The molecule has 7 atom stereocenters. The second kappa shape index (κ2) is 10.9. The standard InChI is InChI=1S/C25H38Br2O7Si/c1-12-14-9-10-15(20(28)17(14)13(2)19(27)18(12)26)33-23-21(29)16(34-24(31-6)22(23)30)11-32-35(7,8)25(3,4)5/h9-10,15-16,20-24,28-30H,11H2,1-8H3/t15-,16-,20+,21-,22+,23+,24+/m1/s1. The Kier molecular flexibility index (Phi) is 9.18. The van der Waals surface area contributed by atoms with Gasteiger partial charge in [0.15, 0.2) is 14.6 Å². The van der Waals surface area contributed by atoms with E-state index in [-0.39, 0.29) is 11.6 Å². The molecule has 1 aliphatic heterocycles. The summed E-state index contributed by atoms with van der Waals surface area (Å²) in [7, 11) is -0.667. The van der Waals surface area contributed by atoms with Gasteiger partial charge in [-0.05, 0) is 86.1 Å². The first-order chi connectivity index (χ1) is 16.1. The Balaban J connectivity index is 1.84. The normalized spacial score (nSPS) is 31.5. The van der Waals surface area contributed by atoms with Gasteiger partial charge in [-0.15, -0.1) is 0 Å². The summed E-state index contributed by atoms with van der Waals surface area (Å²) in [5.41, 5.74) is 3.57. The summed E-state index contributed by atoms with van der Waals surface area (Å²) in [5.74, 6) is 0. The topological polar surface area (TPSA) is 97.6 Å². The van der Waals surface area contributed by atoms with Gasteiger partial charge in [0, 0.05) is 16.1 Å². The molecule has 2 aliphatic rings. The fourth-order valence-corrected chi connectivity index (χ4v) is 6.27. The molecular weight excluding hydrogens is 600 g/mol. The number of ether oxygens (including phenoxy) is 3. The number of hydrogen-bond acceptors (Lipinski definition) is 7. The third kappa shape index (κ3) is 5.67. The average molecular weight is 638 g/mol. The molecule has 1 aliphatic carbocycles. The van der Waals surface area contributed by atoms with Crippen molar-refractivity contribution >= 4 is 46.3 Å². The van der Waals surface area contributed by atoms with E-state index in [9.17, 15) is 15.3 Å². The largest absolute Gasteiger partial charge is 0.414 e. The van der Waals surface area contributed by atoms with E-state index in [2.05, 4.69) is 65.7 Å². The molecule has 0 aromatic heterocycles. The van der Waals surface area contributed by atoms with Crippen LogP contribution in [0, 0.1) is 13.8 Å². The smallest absolute Gasteiger partial charge is 0.192 e. The molecule has 3 rings (SSSR count). The van der Waals surface area contributed by atoms with Crippen LogP contribution >= 0.6 is 31.9 Å². The summed E-state index contributed by atoms with van der Waals surface area (Å²) >= 11 is 7.20. The number of rotatable bonds is 6. The number of halogens is 2. The third-order valence-electron chi connectivity index (χ3n) is 7.61. The monoisotopic (exact) mass is 636 g/mol. The highest BCUT2D eigenvalue weighted by Crippen LogP contribution is 2.43. The van der Waals surface area contributed by atoms with Gasteiger partial charge in [0.05, 0.1) is 6.61 Å². The first kappa shape index (κ1) is 29.4. The van der Waals surface area contributed by atoms with Crippen molar-refractivity contribution in [3.8, 4) is 0 Å². The highest BCUT2D eigenvalue weighted by atomic mass is 79.9. The maximum atomic E-state index is 11.3. The number of fused-ring (bicyclic) bond motifs is 1. The Labute approximate surface area is 226 Å². The van der Waals surface area contributed by atoms with Gasteiger partial charge in [-0.2, -0.15) is 0 Å². The van der Waals surface area contributed by atoms with Crippen LogP contribution < -0.4 is 0 Å². The van der Waals surface area contributed by atoms with E-state index >= 15 is 0 Å². The van der Waals surface area contributed by atoms with Gasteiger partial charge in [-0.25, -0.2) is 0 Å². The van der Waals surface area contributed by atoms with Gasteiger partial charge in [-0.3, -0.25) is 0 Å². The van der Waals surface area contributed by atoms with Crippen LogP contribution in [0.2, 0.25) is 18.1 Å². The quantitative estimate of drug-likeness (QED) is 0.387. The lowest BCUT2D eigenvalue weighted by atomic mass is 9.86. The second-order valence-electron chi connectivity index (χ2n) is 10.9. The highest BCUT2D eigenvalue weighted by Gasteiger charge is 2.48. The van der Waals surface area contributed by atoms with Crippen molar-refractivity contribution in [3.05, 3.63) is 37.3 Å². The van der Waals surface area contributed by atoms with Crippen LogP contribution in [0.5, 0.6) is 0 Å². The van der Waals surface area contributed by atoms with Crippen molar-refractivity contribution in [3.63, 3.8) is 0 Å². The van der Waals surface area contributed by atoms with Gasteiger partial charge in [0.1, 0.15) is 36.6 Å². The summed E-state index contributed by atoms with van der Waals surface area (Å²) in [6.45, 7) is 14.7. The van der Waals surface area contributed by atoms with E-state index in [1.165, 1.54) is 7.11 Å². The maximum absolute atomic E-state index is 11.3. The second-order valence-corrected chi connectivity index (χ2v) is 17.3. The van der Waals surface area contributed by atoms with Gasteiger partial charge in [0.25, 0.3) is 0 Å². The number of benzene rings is 1. The average Bonchev–Trinajstić information content (AvgIpc) is 2.78. The van der Waals surface area contributed by atoms with E-state index in [1.54, 1.807) is 6.08 Å². The predicted molar refractivity (Wildman–Crippen MR) is 145 cm³/mol. The molecule has 198 valence electrons. The minimum absolute atomic E-state index is 0.00760. The Hall–Kier alpha value is -0.143. The SMILES string of the molecule is CO[C@H]1O[C@H](CO[Si](C)(C)C(C)(C)C)[C@@H](O)[C@H](O[C@@H]2C=Cc3c(C)c(Br)c(Br)c(C)c3[C@H]2O)[C@@H]1O. The molecule has 1 heterocycles. The van der Waals surface area contributed by atoms with Gasteiger partial charge in [-0.1, -0.05) is 32.9 Å². The molecule has 1 fully saturated rings. The minimum Gasteiger partial charge on any atom is -0.414 e. The Bertz CT molecular complexity index is 962. The Morgan fingerprint density at radius 2 is 1.63 bits per heavy atom. The lowest BCUT2D eigenvalue weighted by molar-refractivity contribution is -0.307. The van der Waals surface area contributed by atoms with Crippen LogP contribution in [0.3, 0.4) is 0 Å². The molecule has 0 unspecified atom stereocenters. The fourth-order valence-electron chi connectivity index (χ4n) is 4.23. The first-order valence-corrected chi connectivity index (χ1v) is 16.3. The van der Waals surface area contributed by atoms with Crippen LogP contribution in [0.25, 0.3) is 6.08 Å². The third-order valence-corrected chi connectivity index (χ3v) is 14.6. The number of aliphatic hydroxyl groups excluding tert-OH is 3. The Morgan fingerprint density at radius 1 is 1.03 bits per heavy atom. The van der Waals surface area contributed by atoms with Crippen molar-refractivity contribution in [1.29, 1.82) is 0 Å². The zero-order chi connectivity index (χ0) is 26.5.